The minimum Gasteiger partial charge on any atom is -0.492 e. The number of hydrogen-bond acceptors (Lipinski definition) is 8. The number of piperidine rings is 1. The molecule has 0 unspecified atom stereocenters. The number of likely N-dealkylation sites (N-methyl/N-ethyl adjacent to an activating group) is 1. The van der Waals surface area contributed by atoms with E-state index in [1.807, 2.05) is 19.2 Å². The molecule has 2 aliphatic rings. The van der Waals surface area contributed by atoms with Crippen LogP contribution in [0.2, 0.25) is 0 Å². The van der Waals surface area contributed by atoms with Crippen LogP contribution in [0.1, 0.15) is 58.9 Å². The number of carbonyl (C=O) groups is 1. The molecule has 44 heavy (non-hydrogen) atoms. The predicted octanol–water partition coefficient (Wildman–Crippen LogP) is 4.31. The van der Waals surface area contributed by atoms with E-state index in [0.717, 1.165) is 81.0 Å². The number of nitrogens with zero attached hydrogens (tertiary/aromatic N) is 7. The SMILES string of the molecule is CCOc1cc(-c2ccc(N3CCC(CN4CC[C@H](C)N(C)CC4)(NC(=O)CC(C)C)CC3)nc2)c2c(C#N)cnn2c1.S. The molecule has 0 radical (unpaired) electrons. The maximum atomic E-state index is 13.0. The Morgan fingerprint density at radius 3 is 2.61 bits per heavy atom. The van der Waals surface area contributed by atoms with Crippen LogP contribution >= 0.6 is 13.5 Å². The predicted molar refractivity (Wildman–Crippen MR) is 180 cm³/mol. The van der Waals surface area contributed by atoms with Gasteiger partial charge in [-0.1, -0.05) is 13.8 Å². The molecule has 5 rings (SSSR count). The fraction of sp³-hybridized carbons (Fsp3) is 0.576. The lowest BCUT2D eigenvalue weighted by Crippen LogP contribution is -2.61. The Morgan fingerprint density at radius 1 is 1.18 bits per heavy atom. The lowest BCUT2D eigenvalue weighted by Gasteiger charge is -2.45. The van der Waals surface area contributed by atoms with Gasteiger partial charge in [0.1, 0.15) is 17.6 Å². The minimum atomic E-state index is -0.240. The molecule has 2 fully saturated rings. The van der Waals surface area contributed by atoms with E-state index in [1.165, 1.54) is 0 Å². The van der Waals surface area contributed by atoms with Gasteiger partial charge in [0.15, 0.2) is 0 Å². The Hall–Kier alpha value is -3.33. The topological polar surface area (TPSA) is 102 Å². The average Bonchev–Trinajstić information content (AvgIpc) is 3.34. The van der Waals surface area contributed by atoms with Gasteiger partial charge in [-0.2, -0.15) is 23.9 Å². The molecular formula is C33H48N8O2S. The first-order valence-corrected chi connectivity index (χ1v) is 15.7. The highest BCUT2D eigenvalue weighted by Crippen LogP contribution is 2.33. The van der Waals surface area contributed by atoms with Crippen LogP contribution in [0.4, 0.5) is 5.82 Å². The minimum absolute atomic E-state index is 0. The number of ether oxygens (including phenoxy) is 1. The van der Waals surface area contributed by atoms with Gasteiger partial charge in [0.05, 0.1) is 35.6 Å². The fourth-order valence-corrected chi connectivity index (χ4v) is 6.39. The number of nitriles is 1. The summed E-state index contributed by atoms with van der Waals surface area (Å²) in [4.78, 5) is 25.2. The first kappa shape index (κ1) is 33.6. The van der Waals surface area contributed by atoms with Gasteiger partial charge in [-0.05, 0) is 70.8 Å². The first-order valence-electron chi connectivity index (χ1n) is 15.7. The van der Waals surface area contributed by atoms with Gasteiger partial charge in [0.2, 0.25) is 5.91 Å². The van der Waals surface area contributed by atoms with Gasteiger partial charge in [-0.3, -0.25) is 9.69 Å². The van der Waals surface area contributed by atoms with E-state index in [2.05, 4.69) is 71.1 Å². The number of fused-ring (bicyclic) bond motifs is 1. The molecule has 1 amide bonds. The van der Waals surface area contributed by atoms with Crippen LogP contribution in [0, 0.1) is 17.2 Å². The highest BCUT2D eigenvalue weighted by Gasteiger charge is 2.38. The molecule has 0 aromatic carbocycles. The molecule has 2 saturated heterocycles. The lowest BCUT2D eigenvalue weighted by atomic mass is 9.86. The molecule has 3 aromatic rings. The van der Waals surface area contributed by atoms with Crippen LogP contribution in [0.3, 0.4) is 0 Å². The van der Waals surface area contributed by atoms with Crippen LogP contribution in [-0.2, 0) is 4.79 Å². The van der Waals surface area contributed by atoms with Gasteiger partial charge >= 0.3 is 0 Å². The van der Waals surface area contributed by atoms with Crippen molar-refractivity contribution < 1.29 is 9.53 Å². The lowest BCUT2D eigenvalue weighted by molar-refractivity contribution is -0.124. The molecule has 0 saturated carbocycles. The standard InChI is InChI=1S/C33H46N8O2.H2S/c1-6-43-28-18-29(32-27(19-34)21-36-41(32)22-28)26-7-8-30(35-20-26)40-13-10-33(11-14-40,37-31(42)17-24(2)3)23-39-12-9-25(4)38(5)15-16-39;/h7-8,18,20-22,24-25H,6,9-17,23H2,1-5H3,(H,37,42);1H2/t25-;/m0./s1. The van der Waals surface area contributed by atoms with Crippen LogP contribution in [0.25, 0.3) is 16.6 Å². The molecule has 1 N–H and O–H groups in total. The van der Waals surface area contributed by atoms with Crippen LogP contribution < -0.4 is 15.0 Å². The fourth-order valence-electron chi connectivity index (χ4n) is 6.39. The van der Waals surface area contributed by atoms with Gasteiger partial charge in [0.25, 0.3) is 0 Å². The van der Waals surface area contributed by atoms with Crippen LogP contribution in [0.15, 0.2) is 36.8 Å². The molecule has 0 bridgehead atoms. The van der Waals surface area contributed by atoms with Crippen LogP contribution in [-0.4, -0.2) is 94.8 Å². The van der Waals surface area contributed by atoms with Crippen molar-refractivity contribution in [1.82, 2.24) is 29.7 Å². The van der Waals surface area contributed by atoms with Crippen molar-refractivity contribution in [2.75, 3.05) is 57.8 Å². The number of nitrogens with one attached hydrogen (secondary N) is 1. The zero-order valence-electron chi connectivity index (χ0n) is 26.8. The Morgan fingerprint density at radius 2 is 1.95 bits per heavy atom. The summed E-state index contributed by atoms with van der Waals surface area (Å²) < 4.78 is 7.47. The number of hydrogen-bond donors (Lipinski definition) is 1. The van der Waals surface area contributed by atoms with E-state index in [4.69, 9.17) is 9.72 Å². The Balaban J connectivity index is 0.00000442. The number of carbonyl (C=O) groups excluding carboxylic acids is 1. The number of anilines is 1. The summed E-state index contributed by atoms with van der Waals surface area (Å²) in [6.45, 7) is 14.6. The Labute approximate surface area is 268 Å². The number of pyridine rings is 2. The third-order valence-electron chi connectivity index (χ3n) is 9.03. The normalized spacial score (nSPS) is 19.3. The molecule has 10 nitrogen and oxygen atoms in total. The average molecular weight is 621 g/mol. The molecule has 3 aromatic heterocycles. The van der Waals surface area contributed by atoms with Crippen molar-refractivity contribution in [3.05, 3.63) is 42.4 Å². The van der Waals surface area contributed by atoms with Gasteiger partial charge in [0, 0.05) is 62.5 Å². The summed E-state index contributed by atoms with van der Waals surface area (Å²) in [6.07, 6.45) is 8.70. The van der Waals surface area contributed by atoms with Crippen LogP contribution in [0.5, 0.6) is 5.75 Å². The first-order chi connectivity index (χ1) is 20.7. The summed E-state index contributed by atoms with van der Waals surface area (Å²) in [7, 11) is 2.21. The van der Waals surface area contributed by atoms with Gasteiger partial charge in [-0.15, -0.1) is 0 Å². The second kappa shape index (κ2) is 14.6. The molecule has 5 heterocycles. The quantitative estimate of drug-likeness (QED) is 0.378. The third-order valence-corrected chi connectivity index (χ3v) is 9.03. The largest absolute Gasteiger partial charge is 0.492 e. The van der Waals surface area contributed by atoms with Crippen molar-refractivity contribution in [1.29, 1.82) is 5.26 Å². The number of aromatic nitrogens is 3. The molecule has 238 valence electrons. The maximum Gasteiger partial charge on any atom is 0.220 e. The molecule has 2 aliphatic heterocycles. The number of rotatable bonds is 9. The summed E-state index contributed by atoms with van der Waals surface area (Å²) in [5.41, 5.74) is 2.78. The van der Waals surface area contributed by atoms with E-state index in [9.17, 15) is 10.1 Å². The van der Waals surface area contributed by atoms with E-state index in [0.29, 0.717) is 36.3 Å². The highest BCUT2D eigenvalue weighted by molar-refractivity contribution is 7.59. The summed E-state index contributed by atoms with van der Waals surface area (Å²) in [6, 6.07) is 8.89. The number of amides is 1. The summed E-state index contributed by atoms with van der Waals surface area (Å²) >= 11 is 0. The van der Waals surface area contributed by atoms with Crippen molar-refractivity contribution in [3.63, 3.8) is 0 Å². The highest BCUT2D eigenvalue weighted by atomic mass is 32.1. The summed E-state index contributed by atoms with van der Waals surface area (Å²) in [5.74, 6) is 2.10. The van der Waals surface area contributed by atoms with Crippen molar-refractivity contribution >= 4 is 30.7 Å². The zero-order valence-corrected chi connectivity index (χ0v) is 27.8. The van der Waals surface area contributed by atoms with E-state index < -0.39 is 0 Å². The van der Waals surface area contributed by atoms with Gasteiger partial charge < -0.3 is 19.9 Å². The Kier molecular flexibility index (Phi) is 11.2. The van der Waals surface area contributed by atoms with Crippen molar-refractivity contribution in [2.45, 2.75) is 65.0 Å². The van der Waals surface area contributed by atoms with Crippen molar-refractivity contribution in [2.24, 2.45) is 5.92 Å². The van der Waals surface area contributed by atoms with E-state index in [1.54, 1.807) is 16.9 Å². The van der Waals surface area contributed by atoms with E-state index >= 15 is 0 Å². The molecule has 11 heteroatoms. The smallest absolute Gasteiger partial charge is 0.220 e. The molecular weight excluding hydrogens is 572 g/mol. The molecule has 0 spiro atoms. The monoisotopic (exact) mass is 620 g/mol. The third kappa shape index (κ3) is 7.65. The maximum absolute atomic E-state index is 13.0. The van der Waals surface area contributed by atoms with Crippen molar-refractivity contribution in [3.8, 4) is 22.9 Å². The van der Waals surface area contributed by atoms with Gasteiger partial charge in [-0.25, -0.2) is 9.50 Å². The molecule has 0 aliphatic carbocycles. The molecule has 1 atom stereocenters. The van der Waals surface area contributed by atoms with E-state index in [-0.39, 0.29) is 24.9 Å². The second-order valence-electron chi connectivity index (χ2n) is 12.7. The zero-order chi connectivity index (χ0) is 30.6. The Bertz CT molecular complexity index is 1430. The second-order valence-corrected chi connectivity index (χ2v) is 12.7. The summed E-state index contributed by atoms with van der Waals surface area (Å²) in [5, 5.41) is 17.5.